The van der Waals surface area contributed by atoms with E-state index in [1.54, 1.807) is 0 Å². The molecular weight excluding hydrogens is 267 g/mol. The molecule has 1 aromatic heterocycles. The predicted octanol–water partition coefficient (Wildman–Crippen LogP) is 3.55. The van der Waals surface area contributed by atoms with Crippen LogP contribution in [0.25, 0.3) is 0 Å². The van der Waals surface area contributed by atoms with Crippen molar-refractivity contribution in [2.24, 2.45) is 11.3 Å². The molecule has 0 spiro atoms. The van der Waals surface area contributed by atoms with Crippen LogP contribution in [-0.2, 0) is 0 Å². The molecule has 2 rings (SSSR count). The maximum absolute atomic E-state index is 12.9. The Hall–Kier alpha value is -1.29. The fraction of sp³-hybridized carbons (Fsp3) is 0.647. The zero-order valence-corrected chi connectivity index (χ0v) is 13.2. The molecular formula is C17H25FN2O. The van der Waals surface area contributed by atoms with E-state index in [9.17, 15) is 9.18 Å². The smallest absolute Gasteiger partial charge is 0.185 e. The van der Waals surface area contributed by atoms with E-state index in [1.807, 2.05) is 6.92 Å². The van der Waals surface area contributed by atoms with E-state index in [2.05, 4.69) is 23.7 Å². The standard InChI is InChI=1S/C17H25FN2O/c1-13(16(21)15-6-5-14(18)11-19-15)12-20-9-4-7-17(2,3)8-10-20/h5-6,11,13H,4,7-10,12H2,1-3H3. The first-order valence-electron chi connectivity index (χ1n) is 7.75. The van der Waals surface area contributed by atoms with Gasteiger partial charge in [-0.1, -0.05) is 20.8 Å². The van der Waals surface area contributed by atoms with E-state index in [-0.39, 0.29) is 11.7 Å². The lowest BCUT2D eigenvalue weighted by Crippen LogP contribution is -2.33. The van der Waals surface area contributed by atoms with Crippen LogP contribution in [0.1, 0.15) is 50.5 Å². The lowest BCUT2D eigenvalue weighted by atomic mass is 9.85. The lowest BCUT2D eigenvalue weighted by Gasteiger charge is -2.25. The van der Waals surface area contributed by atoms with Gasteiger partial charge in [-0.05, 0) is 49.9 Å². The summed E-state index contributed by atoms with van der Waals surface area (Å²) in [5, 5.41) is 0. The highest BCUT2D eigenvalue weighted by Gasteiger charge is 2.25. The number of nitrogens with zero attached hydrogens (tertiary/aromatic N) is 2. The van der Waals surface area contributed by atoms with Gasteiger partial charge in [-0.15, -0.1) is 0 Å². The summed E-state index contributed by atoms with van der Waals surface area (Å²) in [5.74, 6) is -0.517. The third kappa shape index (κ3) is 4.60. The molecule has 3 nitrogen and oxygen atoms in total. The largest absolute Gasteiger partial charge is 0.303 e. The van der Waals surface area contributed by atoms with E-state index in [4.69, 9.17) is 0 Å². The minimum Gasteiger partial charge on any atom is -0.303 e. The van der Waals surface area contributed by atoms with Crippen LogP contribution in [0.5, 0.6) is 0 Å². The molecule has 1 aromatic rings. The van der Waals surface area contributed by atoms with Crippen LogP contribution in [0.4, 0.5) is 4.39 Å². The first-order valence-corrected chi connectivity index (χ1v) is 7.75. The molecule has 21 heavy (non-hydrogen) atoms. The number of aromatic nitrogens is 1. The Balaban J connectivity index is 1.93. The molecule has 0 aromatic carbocycles. The number of pyridine rings is 1. The fourth-order valence-electron chi connectivity index (χ4n) is 2.91. The van der Waals surface area contributed by atoms with Crippen molar-refractivity contribution in [1.82, 2.24) is 9.88 Å². The molecule has 0 aliphatic carbocycles. The molecule has 116 valence electrons. The zero-order chi connectivity index (χ0) is 15.5. The Morgan fingerprint density at radius 3 is 2.81 bits per heavy atom. The van der Waals surface area contributed by atoms with Gasteiger partial charge >= 0.3 is 0 Å². The number of likely N-dealkylation sites (tertiary alicyclic amines) is 1. The summed E-state index contributed by atoms with van der Waals surface area (Å²) >= 11 is 0. The number of halogens is 1. The summed E-state index contributed by atoms with van der Waals surface area (Å²) in [5.41, 5.74) is 0.764. The topological polar surface area (TPSA) is 33.2 Å². The Morgan fingerprint density at radius 2 is 2.14 bits per heavy atom. The van der Waals surface area contributed by atoms with Gasteiger partial charge in [0, 0.05) is 12.5 Å². The summed E-state index contributed by atoms with van der Waals surface area (Å²) in [6, 6.07) is 2.76. The van der Waals surface area contributed by atoms with Gasteiger partial charge in [0.1, 0.15) is 11.5 Å². The number of Topliss-reactive ketones (excluding diaryl/α,β-unsaturated/α-hetero) is 1. The summed E-state index contributed by atoms with van der Waals surface area (Å²) < 4.78 is 12.9. The Kier molecular flexibility index (Phi) is 5.09. The van der Waals surface area contributed by atoms with E-state index in [0.29, 0.717) is 11.1 Å². The van der Waals surface area contributed by atoms with Gasteiger partial charge in [0.15, 0.2) is 5.78 Å². The van der Waals surface area contributed by atoms with E-state index < -0.39 is 5.82 Å². The molecule has 1 aliphatic rings. The monoisotopic (exact) mass is 292 g/mol. The van der Waals surface area contributed by atoms with Crippen molar-refractivity contribution in [2.45, 2.75) is 40.0 Å². The average Bonchev–Trinajstić information content (AvgIpc) is 2.60. The zero-order valence-electron chi connectivity index (χ0n) is 13.2. The summed E-state index contributed by atoms with van der Waals surface area (Å²) in [4.78, 5) is 18.6. The maximum Gasteiger partial charge on any atom is 0.185 e. The number of hydrogen-bond acceptors (Lipinski definition) is 3. The number of carbonyl (C=O) groups excluding carboxylic acids is 1. The third-order valence-electron chi connectivity index (χ3n) is 4.39. The van der Waals surface area contributed by atoms with Crippen molar-refractivity contribution in [3.63, 3.8) is 0 Å². The SMILES string of the molecule is CC(CN1CCCC(C)(C)CC1)C(=O)c1ccc(F)cn1. The fourth-order valence-corrected chi connectivity index (χ4v) is 2.91. The van der Waals surface area contributed by atoms with Crippen LogP contribution in [0.2, 0.25) is 0 Å². The van der Waals surface area contributed by atoms with Crippen molar-refractivity contribution in [2.75, 3.05) is 19.6 Å². The van der Waals surface area contributed by atoms with Crippen LogP contribution in [0.15, 0.2) is 18.3 Å². The van der Waals surface area contributed by atoms with E-state index in [1.165, 1.54) is 31.4 Å². The Morgan fingerprint density at radius 1 is 1.38 bits per heavy atom. The number of ketones is 1. The van der Waals surface area contributed by atoms with Crippen molar-refractivity contribution in [1.29, 1.82) is 0 Å². The lowest BCUT2D eigenvalue weighted by molar-refractivity contribution is 0.0889. The quantitative estimate of drug-likeness (QED) is 0.796. The van der Waals surface area contributed by atoms with Crippen LogP contribution in [0.3, 0.4) is 0 Å². The first kappa shape index (κ1) is 16.1. The molecule has 0 bridgehead atoms. The van der Waals surface area contributed by atoms with Crippen molar-refractivity contribution in [3.8, 4) is 0 Å². The van der Waals surface area contributed by atoms with E-state index >= 15 is 0 Å². The third-order valence-corrected chi connectivity index (χ3v) is 4.39. The van der Waals surface area contributed by atoms with Crippen LogP contribution in [-0.4, -0.2) is 35.3 Å². The van der Waals surface area contributed by atoms with Gasteiger partial charge in [0.25, 0.3) is 0 Å². The van der Waals surface area contributed by atoms with Crippen LogP contribution in [0, 0.1) is 17.2 Å². The minimum atomic E-state index is -0.408. The van der Waals surface area contributed by atoms with Gasteiger partial charge in [-0.2, -0.15) is 0 Å². The van der Waals surface area contributed by atoms with Gasteiger partial charge in [0.2, 0.25) is 0 Å². The number of carbonyl (C=O) groups is 1. The minimum absolute atomic E-state index is 0.00138. The second-order valence-corrected chi connectivity index (χ2v) is 6.95. The maximum atomic E-state index is 12.9. The van der Waals surface area contributed by atoms with E-state index in [0.717, 1.165) is 25.8 Å². The molecule has 1 aliphatic heterocycles. The molecule has 1 fully saturated rings. The predicted molar refractivity (Wildman–Crippen MR) is 81.8 cm³/mol. The van der Waals surface area contributed by atoms with Crippen molar-refractivity contribution < 1.29 is 9.18 Å². The molecule has 0 radical (unpaired) electrons. The molecule has 2 heterocycles. The summed E-state index contributed by atoms with van der Waals surface area (Å²) in [7, 11) is 0. The normalized spacial score (nSPS) is 20.8. The van der Waals surface area contributed by atoms with Crippen molar-refractivity contribution >= 4 is 5.78 Å². The number of rotatable bonds is 4. The highest BCUT2D eigenvalue weighted by molar-refractivity contribution is 5.95. The second-order valence-electron chi connectivity index (χ2n) is 6.95. The first-order chi connectivity index (χ1) is 9.87. The van der Waals surface area contributed by atoms with Gasteiger partial charge < -0.3 is 4.90 Å². The average molecular weight is 292 g/mol. The molecule has 4 heteroatoms. The van der Waals surface area contributed by atoms with Gasteiger partial charge in [-0.3, -0.25) is 9.78 Å². The number of hydrogen-bond donors (Lipinski definition) is 0. The molecule has 0 saturated carbocycles. The summed E-state index contributed by atoms with van der Waals surface area (Å²) in [6.45, 7) is 9.41. The molecule has 1 saturated heterocycles. The van der Waals surface area contributed by atoms with Gasteiger partial charge in [-0.25, -0.2) is 4.39 Å². The van der Waals surface area contributed by atoms with Crippen LogP contribution < -0.4 is 0 Å². The van der Waals surface area contributed by atoms with Crippen molar-refractivity contribution in [3.05, 3.63) is 29.8 Å². The Labute approximate surface area is 126 Å². The highest BCUT2D eigenvalue weighted by atomic mass is 19.1. The summed E-state index contributed by atoms with van der Waals surface area (Å²) in [6.07, 6.45) is 4.70. The molecule has 0 N–H and O–H groups in total. The molecule has 0 amide bonds. The second kappa shape index (κ2) is 6.65. The Bertz CT molecular complexity index is 484. The molecule has 1 unspecified atom stereocenters. The van der Waals surface area contributed by atoms with Gasteiger partial charge in [0.05, 0.1) is 6.20 Å². The van der Waals surface area contributed by atoms with Crippen LogP contribution >= 0.6 is 0 Å². The highest BCUT2D eigenvalue weighted by Crippen LogP contribution is 2.30. The molecule has 1 atom stereocenters.